The lowest BCUT2D eigenvalue weighted by Gasteiger charge is -2.32. The molecule has 0 spiro atoms. The molecule has 0 aromatic heterocycles. The Balaban J connectivity index is 1.85. The van der Waals surface area contributed by atoms with Crippen LogP contribution in [0.15, 0.2) is 24.3 Å². The van der Waals surface area contributed by atoms with Crippen LogP contribution in [-0.4, -0.2) is 62.1 Å². The minimum atomic E-state index is 0.106. The number of piperidine rings is 1. The first-order valence-electron chi connectivity index (χ1n) is 8.90. The fourth-order valence-electron chi connectivity index (χ4n) is 3.28. The molecule has 0 unspecified atom stereocenters. The number of benzene rings is 1. The summed E-state index contributed by atoms with van der Waals surface area (Å²) < 4.78 is 5.43. The Labute approximate surface area is 146 Å². The molecule has 0 saturated carbocycles. The number of carbonyl (C=O) groups excluding carboxylic acids is 1. The zero-order valence-electron chi connectivity index (χ0n) is 15.4. The second-order valence-corrected chi connectivity index (χ2v) is 6.61. The summed E-state index contributed by atoms with van der Waals surface area (Å²) in [5.41, 5.74) is 1.10. The third-order valence-electron chi connectivity index (χ3n) is 5.04. The Bertz CT molecular complexity index is 527. The predicted octanol–water partition coefficient (Wildman–Crippen LogP) is 2.29. The topological polar surface area (TPSA) is 44.8 Å². The standard InChI is InChI=1S/C19H31N3O2/c1-5-22-12-10-16(11-13-22)20-19(23)14-21(3)15(2)17-8-6-7-9-18(17)24-4/h6-9,15-16H,5,10-14H2,1-4H3,(H,20,23)/t15-/m1/s1. The molecule has 1 aromatic rings. The summed E-state index contributed by atoms with van der Waals surface area (Å²) in [7, 11) is 3.66. The van der Waals surface area contributed by atoms with Crippen LogP contribution in [0.4, 0.5) is 0 Å². The van der Waals surface area contributed by atoms with Crippen molar-refractivity contribution >= 4 is 5.91 Å². The van der Waals surface area contributed by atoms with E-state index in [1.165, 1.54) is 0 Å². The van der Waals surface area contributed by atoms with Gasteiger partial charge in [0.1, 0.15) is 5.75 Å². The van der Waals surface area contributed by atoms with Crippen LogP contribution in [0.25, 0.3) is 0 Å². The van der Waals surface area contributed by atoms with Gasteiger partial charge in [-0.25, -0.2) is 0 Å². The zero-order valence-corrected chi connectivity index (χ0v) is 15.4. The number of nitrogens with one attached hydrogen (secondary N) is 1. The van der Waals surface area contributed by atoms with Crippen molar-refractivity contribution < 1.29 is 9.53 Å². The lowest BCUT2D eigenvalue weighted by atomic mass is 10.0. The average molecular weight is 333 g/mol. The summed E-state index contributed by atoms with van der Waals surface area (Å²) in [6.45, 7) is 7.94. The molecule has 5 heteroatoms. The number of ether oxygens (including phenoxy) is 1. The fourth-order valence-corrected chi connectivity index (χ4v) is 3.28. The molecule has 1 heterocycles. The van der Waals surface area contributed by atoms with Crippen molar-refractivity contribution in [2.75, 3.05) is 40.3 Å². The van der Waals surface area contributed by atoms with Gasteiger partial charge in [-0.3, -0.25) is 9.69 Å². The van der Waals surface area contributed by atoms with Crippen molar-refractivity contribution in [3.8, 4) is 5.75 Å². The summed E-state index contributed by atoms with van der Waals surface area (Å²) in [6, 6.07) is 8.41. The monoisotopic (exact) mass is 333 g/mol. The molecular formula is C19H31N3O2. The molecule has 2 rings (SSSR count). The molecule has 1 aromatic carbocycles. The molecule has 5 nitrogen and oxygen atoms in total. The average Bonchev–Trinajstić information content (AvgIpc) is 2.61. The normalized spacial score (nSPS) is 17.7. The van der Waals surface area contributed by atoms with E-state index >= 15 is 0 Å². The van der Waals surface area contributed by atoms with Crippen LogP contribution >= 0.6 is 0 Å². The lowest BCUT2D eigenvalue weighted by Crippen LogP contribution is -2.47. The second kappa shape index (κ2) is 9.04. The molecule has 1 N–H and O–H groups in total. The lowest BCUT2D eigenvalue weighted by molar-refractivity contribution is -0.123. The van der Waals surface area contributed by atoms with E-state index in [2.05, 4.69) is 35.0 Å². The Kier molecular flexibility index (Phi) is 7.06. The van der Waals surface area contributed by atoms with E-state index < -0.39 is 0 Å². The molecular weight excluding hydrogens is 302 g/mol. The van der Waals surface area contributed by atoms with Crippen molar-refractivity contribution in [1.82, 2.24) is 15.1 Å². The van der Waals surface area contributed by atoms with E-state index in [0.717, 1.165) is 43.8 Å². The van der Waals surface area contributed by atoms with Crippen LogP contribution in [0.1, 0.15) is 38.3 Å². The number of nitrogens with zero attached hydrogens (tertiary/aromatic N) is 2. The number of para-hydroxylation sites is 1. The molecule has 0 aliphatic carbocycles. The highest BCUT2D eigenvalue weighted by atomic mass is 16.5. The molecule has 1 saturated heterocycles. The zero-order chi connectivity index (χ0) is 17.5. The minimum absolute atomic E-state index is 0.106. The first-order chi connectivity index (χ1) is 11.5. The SMILES string of the molecule is CCN1CCC(NC(=O)CN(C)[C@H](C)c2ccccc2OC)CC1. The number of hydrogen-bond acceptors (Lipinski definition) is 4. The van der Waals surface area contributed by atoms with Gasteiger partial charge in [-0.15, -0.1) is 0 Å². The van der Waals surface area contributed by atoms with E-state index in [1.54, 1.807) is 7.11 Å². The largest absolute Gasteiger partial charge is 0.496 e. The molecule has 1 aliphatic heterocycles. The van der Waals surface area contributed by atoms with Gasteiger partial charge < -0.3 is 15.0 Å². The molecule has 134 valence electrons. The third-order valence-corrected chi connectivity index (χ3v) is 5.04. The van der Waals surface area contributed by atoms with Gasteiger partial charge in [0.25, 0.3) is 0 Å². The summed E-state index contributed by atoms with van der Waals surface area (Å²) in [5, 5.41) is 3.19. The van der Waals surface area contributed by atoms with Gasteiger partial charge in [-0.05, 0) is 39.4 Å². The van der Waals surface area contributed by atoms with Gasteiger partial charge in [-0.1, -0.05) is 25.1 Å². The van der Waals surface area contributed by atoms with E-state index in [1.807, 2.05) is 25.2 Å². The van der Waals surface area contributed by atoms with E-state index in [-0.39, 0.29) is 11.9 Å². The van der Waals surface area contributed by atoms with Crippen LogP contribution in [0.2, 0.25) is 0 Å². The maximum absolute atomic E-state index is 12.4. The van der Waals surface area contributed by atoms with Crippen molar-refractivity contribution in [3.05, 3.63) is 29.8 Å². The van der Waals surface area contributed by atoms with Gasteiger partial charge in [0.15, 0.2) is 0 Å². The highest BCUT2D eigenvalue weighted by Gasteiger charge is 2.22. The molecule has 1 aliphatic rings. The highest BCUT2D eigenvalue weighted by molar-refractivity contribution is 5.78. The van der Waals surface area contributed by atoms with Crippen LogP contribution in [0.3, 0.4) is 0 Å². The van der Waals surface area contributed by atoms with Gasteiger partial charge in [0.2, 0.25) is 5.91 Å². The summed E-state index contributed by atoms with van der Waals surface area (Å²) in [5.74, 6) is 0.971. The number of likely N-dealkylation sites (tertiary alicyclic amines) is 1. The highest BCUT2D eigenvalue weighted by Crippen LogP contribution is 2.27. The second-order valence-electron chi connectivity index (χ2n) is 6.61. The van der Waals surface area contributed by atoms with Crippen molar-refractivity contribution in [2.24, 2.45) is 0 Å². The summed E-state index contributed by atoms with van der Waals surface area (Å²) in [4.78, 5) is 16.9. The Hall–Kier alpha value is -1.59. The third kappa shape index (κ3) is 4.95. The van der Waals surface area contributed by atoms with Crippen molar-refractivity contribution in [1.29, 1.82) is 0 Å². The minimum Gasteiger partial charge on any atom is -0.496 e. The molecule has 24 heavy (non-hydrogen) atoms. The number of likely N-dealkylation sites (N-methyl/N-ethyl adjacent to an activating group) is 1. The van der Waals surface area contributed by atoms with Gasteiger partial charge in [-0.2, -0.15) is 0 Å². The first-order valence-corrected chi connectivity index (χ1v) is 8.90. The van der Waals surface area contributed by atoms with Gasteiger partial charge in [0.05, 0.1) is 13.7 Å². The number of carbonyl (C=O) groups is 1. The molecule has 0 bridgehead atoms. The summed E-state index contributed by atoms with van der Waals surface area (Å²) >= 11 is 0. The Morgan fingerprint density at radius 2 is 2.04 bits per heavy atom. The Morgan fingerprint density at radius 3 is 2.67 bits per heavy atom. The molecule has 1 fully saturated rings. The number of hydrogen-bond donors (Lipinski definition) is 1. The van der Waals surface area contributed by atoms with E-state index in [9.17, 15) is 4.79 Å². The molecule has 1 atom stereocenters. The Morgan fingerprint density at radius 1 is 1.38 bits per heavy atom. The maximum Gasteiger partial charge on any atom is 0.234 e. The fraction of sp³-hybridized carbons (Fsp3) is 0.632. The quantitative estimate of drug-likeness (QED) is 0.831. The smallest absolute Gasteiger partial charge is 0.234 e. The van der Waals surface area contributed by atoms with E-state index in [0.29, 0.717) is 12.6 Å². The van der Waals surface area contributed by atoms with Gasteiger partial charge >= 0.3 is 0 Å². The van der Waals surface area contributed by atoms with Crippen LogP contribution in [0, 0.1) is 0 Å². The molecule has 1 amide bonds. The van der Waals surface area contributed by atoms with Crippen molar-refractivity contribution in [3.63, 3.8) is 0 Å². The van der Waals surface area contributed by atoms with Crippen LogP contribution < -0.4 is 10.1 Å². The van der Waals surface area contributed by atoms with E-state index in [4.69, 9.17) is 4.74 Å². The summed E-state index contributed by atoms with van der Waals surface area (Å²) in [6.07, 6.45) is 2.09. The number of methoxy groups -OCH3 is 1. The maximum atomic E-state index is 12.4. The molecule has 0 radical (unpaired) electrons. The first kappa shape index (κ1) is 18.7. The van der Waals surface area contributed by atoms with Crippen LogP contribution in [0.5, 0.6) is 5.75 Å². The van der Waals surface area contributed by atoms with Crippen LogP contribution in [-0.2, 0) is 4.79 Å². The number of rotatable bonds is 7. The van der Waals surface area contributed by atoms with Crippen molar-refractivity contribution in [2.45, 2.75) is 38.8 Å². The van der Waals surface area contributed by atoms with Gasteiger partial charge in [0, 0.05) is 30.7 Å². The predicted molar refractivity (Wildman–Crippen MR) is 97.3 cm³/mol. The number of amides is 1.